The van der Waals surface area contributed by atoms with Gasteiger partial charge in [-0.1, -0.05) is 19.9 Å². The van der Waals surface area contributed by atoms with Crippen molar-refractivity contribution in [1.82, 2.24) is 10.3 Å². The molecule has 18 nitrogen and oxygen atoms in total. The number of aromatic nitrogens is 1. The summed E-state index contributed by atoms with van der Waals surface area (Å²) in [5.74, 6) is 0.187. The van der Waals surface area contributed by atoms with Crippen LogP contribution in [-0.4, -0.2) is 91.9 Å². The molecule has 4 aromatic rings. The van der Waals surface area contributed by atoms with E-state index in [2.05, 4.69) is 14.9 Å². The Hall–Kier alpha value is -5.85. The summed E-state index contributed by atoms with van der Waals surface area (Å²) in [6.07, 6.45) is 15.5. The first-order chi connectivity index (χ1) is 34.6. The Labute approximate surface area is 433 Å². The number of fused-ring (bicyclic) bond motifs is 2. The highest BCUT2D eigenvalue weighted by Crippen LogP contribution is 2.49. The number of hydrogen-bond donors (Lipinski definition) is 5. The average Bonchev–Trinajstić information content (AvgIpc) is 3.67. The van der Waals surface area contributed by atoms with Gasteiger partial charge in [-0.15, -0.1) is 0 Å². The number of anilines is 1. The first-order valence-electron chi connectivity index (χ1n) is 24.0. The molecular weight excluding hydrogens is 1030 g/mol. The van der Waals surface area contributed by atoms with Gasteiger partial charge in [0.2, 0.25) is 11.6 Å². The van der Waals surface area contributed by atoms with Gasteiger partial charge in [0, 0.05) is 72.8 Å². The van der Waals surface area contributed by atoms with Crippen molar-refractivity contribution in [2.24, 2.45) is 0 Å². The van der Waals surface area contributed by atoms with Crippen molar-refractivity contribution >= 4 is 63.5 Å². The van der Waals surface area contributed by atoms with Crippen molar-refractivity contribution in [1.29, 1.82) is 0 Å². The molecule has 3 aliphatic rings. The molecule has 0 radical (unpaired) electrons. The van der Waals surface area contributed by atoms with Crippen molar-refractivity contribution in [3.8, 4) is 5.75 Å². The number of amides is 1. The molecule has 0 fully saturated rings. The highest BCUT2D eigenvalue weighted by atomic mass is 32.2. The smallest absolute Gasteiger partial charge is 0.294 e. The molecule has 1 aromatic heterocycles. The molecule has 396 valence electrons. The van der Waals surface area contributed by atoms with E-state index < -0.39 is 57.1 Å². The summed E-state index contributed by atoms with van der Waals surface area (Å²) in [6, 6.07) is 17.8. The van der Waals surface area contributed by atoms with Crippen LogP contribution in [-0.2, 0) is 62.6 Å². The van der Waals surface area contributed by atoms with Crippen molar-refractivity contribution in [3.05, 3.63) is 149 Å². The topological polar surface area (TPSA) is 275 Å². The lowest BCUT2D eigenvalue weighted by Crippen LogP contribution is -2.28. The summed E-state index contributed by atoms with van der Waals surface area (Å²) in [6.45, 7) is 8.91. The number of carbonyl (C=O) groups excluding carboxylic acids is 1. The van der Waals surface area contributed by atoms with Crippen molar-refractivity contribution in [3.63, 3.8) is 0 Å². The molecule has 0 saturated heterocycles. The Bertz CT molecular complexity index is 3440. The minimum atomic E-state index is -4.57. The maximum absolute atomic E-state index is 12.7. The van der Waals surface area contributed by atoms with E-state index >= 15 is 0 Å². The molecule has 5 N–H and O–H groups in total. The Morgan fingerprint density at radius 3 is 2.00 bits per heavy atom. The van der Waals surface area contributed by atoms with E-state index in [1.807, 2.05) is 69.0 Å². The van der Waals surface area contributed by atoms with Crippen LogP contribution in [0.25, 0.3) is 0 Å². The molecule has 0 spiro atoms. The summed E-state index contributed by atoms with van der Waals surface area (Å²) in [5.41, 5.74) is 4.99. The fourth-order valence-electron chi connectivity index (χ4n) is 9.70. The summed E-state index contributed by atoms with van der Waals surface area (Å²) >= 11 is 0. The fourth-order valence-corrected chi connectivity index (χ4v) is 11.8. The zero-order chi connectivity index (χ0) is 53.9. The Balaban J connectivity index is 1.27. The minimum Gasteiger partial charge on any atom is -0.457 e. The molecule has 22 heteroatoms. The van der Waals surface area contributed by atoms with E-state index in [1.165, 1.54) is 48.5 Å². The molecule has 0 unspecified atom stereocenters. The third-order valence-corrected chi connectivity index (χ3v) is 17.0. The number of carbonyl (C=O) groups is 1. The van der Waals surface area contributed by atoms with Gasteiger partial charge in [0.15, 0.2) is 5.71 Å². The third-order valence-electron chi connectivity index (χ3n) is 13.6. The highest BCUT2D eigenvalue weighted by Gasteiger charge is 2.45. The van der Waals surface area contributed by atoms with Crippen LogP contribution in [0.3, 0.4) is 0 Å². The van der Waals surface area contributed by atoms with Crippen LogP contribution in [0.4, 0.5) is 11.4 Å². The van der Waals surface area contributed by atoms with Gasteiger partial charge in [-0.2, -0.15) is 38.2 Å². The van der Waals surface area contributed by atoms with Crippen LogP contribution >= 0.6 is 0 Å². The number of hydrogen-bond acceptors (Lipinski definition) is 12. The standard InChI is InChI=1S/C52H60N4O14S4/c1-51(2)43-33-41(73(64,65)66)20-22-45(43)55(30-7-5-6-13-49(57)54-35-36-26-28-53-29-27-36)47(51)24-14-37-11-10-12-38(50(37)70-39-16-18-40(19-17-39)72(61,62)63)15-25-48-52(3,4)44-34-42(74(67,68)69)21-23-46(44)56(48)31-8-9-32-71(58,59)60/h14-29,33-34H,5-13,30-32,35H2,1-4H3,(H4-,54,57,58,59,60,61,62,63,64,65,66,67,68,69)/p+1. The predicted octanol–water partition coefficient (Wildman–Crippen LogP) is 8.42. The van der Waals surface area contributed by atoms with E-state index in [1.54, 1.807) is 24.5 Å². The third kappa shape index (κ3) is 13.3. The van der Waals surface area contributed by atoms with Crippen molar-refractivity contribution in [2.75, 3.05) is 23.7 Å². The van der Waals surface area contributed by atoms with E-state index in [0.717, 1.165) is 28.1 Å². The fraction of sp³-hybridized carbons (Fsp3) is 0.365. The molecule has 1 amide bonds. The maximum atomic E-state index is 12.7. The molecule has 0 bridgehead atoms. The summed E-state index contributed by atoms with van der Waals surface area (Å²) in [7, 11) is -17.9. The van der Waals surface area contributed by atoms with Gasteiger partial charge in [-0.05, 0) is 160 Å². The summed E-state index contributed by atoms with van der Waals surface area (Å²) in [4.78, 5) is 17.8. The van der Waals surface area contributed by atoms with Gasteiger partial charge in [-0.3, -0.25) is 28.0 Å². The van der Waals surface area contributed by atoms with Gasteiger partial charge in [0.05, 0.1) is 25.9 Å². The SMILES string of the molecule is CC1(C)C(/C=C/C2=C(Oc3ccc(S(=O)(=O)O)cc3)C(=C/C=C3/N(CCCCS(=O)(=O)O)c4ccc(S(=O)(=O)O)cc4C3(C)C)/CCC2)=[N+](CCCCCC(=O)NCc2ccncc2)c2ccc(S(=O)(=O)O)cc21. The van der Waals surface area contributed by atoms with E-state index in [0.29, 0.717) is 99.3 Å². The number of ether oxygens (including phenoxy) is 1. The van der Waals surface area contributed by atoms with Gasteiger partial charge < -0.3 is 15.0 Å². The van der Waals surface area contributed by atoms with Gasteiger partial charge in [0.1, 0.15) is 18.1 Å². The first kappa shape index (κ1) is 55.9. The van der Waals surface area contributed by atoms with Gasteiger partial charge in [-0.25, -0.2) is 0 Å². The Kier molecular flexibility index (Phi) is 16.7. The number of unbranched alkanes of at least 4 members (excludes halogenated alkanes) is 3. The monoisotopic (exact) mass is 1090 g/mol. The second-order valence-electron chi connectivity index (χ2n) is 19.5. The van der Waals surface area contributed by atoms with Crippen LogP contribution in [0, 0.1) is 0 Å². The lowest BCUT2D eigenvalue weighted by Gasteiger charge is -2.27. The van der Waals surface area contributed by atoms with E-state index in [-0.39, 0.29) is 32.8 Å². The molecule has 7 rings (SSSR count). The molecular formula is C52H61N4O14S4+. The van der Waals surface area contributed by atoms with Crippen molar-refractivity contribution < 1.29 is 66.0 Å². The molecule has 0 saturated carbocycles. The average molecular weight is 1090 g/mol. The molecule has 74 heavy (non-hydrogen) atoms. The normalized spacial score (nSPS) is 17.9. The first-order valence-corrected chi connectivity index (χ1v) is 29.9. The summed E-state index contributed by atoms with van der Waals surface area (Å²) in [5, 5.41) is 2.94. The quantitative estimate of drug-likeness (QED) is 0.0297. The number of pyridine rings is 1. The number of allylic oxidation sites excluding steroid dienone is 7. The molecule has 1 aliphatic carbocycles. The number of benzene rings is 3. The molecule has 3 aromatic carbocycles. The summed E-state index contributed by atoms with van der Waals surface area (Å²) < 4.78 is 144. The van der Waals surface area contributed by atoms with Crippen LogP contribution < -0.4 is 15.0 Å². The second-order valence-corrected chi connectivity index (χ2v) is 25.4. The number of nitrogens with zero attached hydrogens (tertiary/aromatic N) is 3. The molecule has 3 heterocycles. The minimum absolute atomic E-state index is 0.0717. The number of rotatable bonds is 21. The highest BCUT2D eigenvalue weighted by molar-refractivity contribution is 7.86. The van der Waals surface area contributed by atoms with E-state index in [4.69, 9.17) is 4.74 Å². The zero-order valence-corrected chi connectivity index (χ0v) is 44.7. The molecule has 0 atom stereocenters. The molecule has 2 aliphatic heterocycles. The van der Waals surface area contributed by atoms with Gasteiger partial charge >= 0.3 is 0 Å². The van der Waals surface area contributed by atoms with Crippen molar-refractivity contribution in [2.45, 2.75) is 118 Å². The predicted molar refractivity (Wildman–Crippen MR) is 279 cm³/mol. The lowest BCUT2D eigenvalue weighted by molar-refractivity contribution is -0.438. The number of nitrogens with one attached hydrogen (secondary N) is 1. The Morgan fingerprint density at radius 1 is 0.716 bits per heavy atom. The zero-order valence-electron chi connectivity index (χ0n) is 41.4. The van der Waals surface area contributed by atoms with Crippen LogP contribution in [0.2, 0.25) is 0 Å². The Morgan fingerprint density at radius 2 is 1.35 bits per heavy atom. The van der Waals surface area contributed by atoms with Gasteiger partial charge in [0.25, 0.3) is 40.5 Å². The lowest BCUT2D eigenvalue weighted by atomic mass is 9.81. The second kappa shape index (κ2) is 22.2. The van der Waals surface area contributed by atoms with Crippen LogP contribution in [0.5, 0.6) is 5.75 Å². The largest absolute Gasteiger partial charge is 0.457 e. The van der Waals surface area contributed by atoms with Crippen LogP contribution in [0.1, 0.15) is 102 Å². The van der Waals surface area contributed by atoms with Crippen LogP contribution in [0.15, 0.2) is 147 Å². The maximum Gasteiger partial charge on any atom is 0.294 e. The van der Waals surface area contributed by atoms with E-state index in [9.17, 15) is 56.7 Å².